The van der Waals surface area contributed by atoms with E-state index in [0.29, 0.717) is 12.1 Å². The van der Waals surface area contributed by atoms with E-state index in [4.69, 9.17) is 11.5 Å². The third-order valence-electron chi connectivity index (χ3n) is 6.97. The van der Waals surface area contributed by atoms with Gasteiger partial charge in [0.05, 0.1) is 17.4 Å². The van der Waals surface area contributed by atoms with Crippen LogP contribution in [0, 0.1) is 5.82 Å². The number of aromatic nitrogens is 2. The van der Waals surface area contributed by atoms with Crippen molar-refractivity contribution in [2.75, 3.05) is 22.1 Å². The molecule has 5 rings (SSSR count). The minimum Gasteiger partial charge on any atom is -0.365 e. The van der Waals surface area contributed by atoms with Gasteiger partial charge in [-0.3, -0.25) is 14.6 Å². The predicted molar refractivity (Wildman–Crippen MR) is 141 cm³/mol. The van der Waals surface area contributed by atoms with Crippen LogP contribution in [0.5, 0.6) is 0 Å². The first-order valence-electron chi connectivity index (χ1n) is 12.5. The molecule has 1 aliphatic carbocycles. The first-order chi connectivity index (χ1) is 17.9. The average Bonchev–Trinajstić information content (AvgIpc) is 3.33. The van der Waals surface area contributed by atoms with E-state index in [2.05, 4.69) is 20.6 Å². The smallest absolute Gasteiger partial charge is 0.252 e. The van der Waals surface area contributed by atoms with E-state index in [9.17, 15) is 14.0 Å². The van der Waals surface area contributed by atoms with Gasteiger partial charge in [-0.2, -0.15) is 0 Å². The summed E-state index contributed by atoms with van der Waals surface area (Å²) in [6.45, 7) is 0.732. The van der Waals surface area contributed by atoms with Gasteiger partial charge in [-0.25, -0.2) is 9.37 Å². The lowest BCUT2D eigenvalue weighted by molar-refractivity contribution is -0.117. The Balaban J connectivity index is 1.39. The SMILES string of the molecule is NC(=O)c1cc(F)c(N[C@@H]2CCCC[C@@H]2N)nc1Nc1cncc(-c2ccc(N3CCCC3=O)cc2)c1. The van der Waals surface area contributed by atoms with Gasteiger partial charge in [0, 0.05) is 42.5 Å². The van der Waals surface area contributed by atoms with Gasteiger partial charge in [0.2, 0.25) is 5.91 Å². The van der Waals surface area contributed by atoms with Crippen molar-refractivity contribution < 1.29 is 14.0 Å². The largest absolute Gasteiger partial charge is 0.365 e. The van der Waals surface area contributed by atoms with Gasteiger partial charge in [0.25, 0.3) is 5.91 Å². The summed E-state index contributed by atoms with van der Waals surface area (Å²) in [5, 5.41) is 6.19. The van der Waals surface area contributed by atoms with E-state index < -0.39 is 11.7 Å². The number of pyridine rings is 2. The second-order valence-corrected chi connectivity index (χ2v) is 9.56. The van der Waals surface area contributed by atoms with E-state index in [1.807, 2.05) is 30.3 Å². The second-order valence-electron chi connectivity index (χ2n) is 9.56. The number of hydrogen-bond acceptors (Lipinski definition) is 7. The van der Waals surface area contributed by atoms with E-state index in [-0.39, 0.29) is 35.2 Å². The third-order valence-corrected chi connectivity index (χ3v) is 6.97. The highest BCUT2D eigenvalue weighted by atomic mass is 19.1. The molecule has 2 atom stereocenters. The summed E-state index contributed by atoms with van der Waals surface area (Å²) in [6.07, 6.45) is 8.47. The number of halogens is 1. The van der Waals surface area contributed by atoms with Gasteiger partial charge in [-0.15, -0.1) is 0 Å². The van der Waals surface area contributed by atoms with Gasteiger partial charge in [0.1, 0.15) is 5.82 Å². The lowest BCUT2D eigenvalue weighted by atomic mass is 9.91. The fraction of sp³-hybridized carbons (Fsp3) is 0.333. The van der Waals surface area contributed by atoms with Gasteiger partial charge in [-0.1, -0.05) is 25.0 Å². The average molecular weight is 504 g/mol. The number of anilines is 4. The zero-order chi connectivity index (χ0) is 25.9. The molecule has 192 valence electrons. The number of hydrogen-bond donors (Lipinski definition) is 4. The molecule has 3 heterocycles. The van der Waals surface area contributed by atoms with Gasteiger partial charge in [-0.05, 0) is 49.1 Å². The van der Waals surface area contributed by atoms with Gasteiger partial charge in [0.15, 0.2) is 11.6 Å². The molecule has 0 bridgehead atoms. The molecule has 2 fully saturated rings. The maximum atomic E-state index is 14.8. The number of nitrogens with two attached hydrogens (primary N) is 2. The molecular formula is C27H30FN7O2. The zero-order valence-electron chi connectivity index (χ0n) is 20.4. The molecule has 2 aromatic heterocycles. The Morgan fingerprint density at radius 2 is 1.81 bits per heavy atom. The first-order valence-corrected chi connectivity index (χ1v) is 12.5. The standard InChI is InChI=1S/C27H30FN7O2/c28-21-13-20(25(30)37)26(34-27(21)33-23-5-2-1-4-22(23)29)32-18-12-17(14-31-15-18)16-7-9-19(10-8-16)35-11-3-6-24(35)36/h7-10,12-15,22-23H,1-6,11,29H2,(H2,30,37)(H2,32,33,34)/t22-,23+/m0/s1. The highest BCUT2D eigenvalue weighted by molar-refractivity contribution is 5.99. The van der Waals surface area contributed by atoms with E-state index in [1.165, 1.54) is 0 Å². The lowest BCUT2D eigenvalue weighted by Gasteiger charge is -2.30. The molecule has 1 saturated carbocycles. The Labute approximate surface area is 214 Å². The van der Waals surface area contributed by atoms with Crippen LogP contribution in [-0.2, 0) is 4.79 Å². The summed E-state index contributed by atoms with van der Waals surface area (Å²) in [5.41, 5.74) is 14.8. The normalized spacial score (nSPS) is 19.6. The minimum absolute atomic E-state index is 0.0195. The Morgan fingerprint density at radius 1 is 1.03 bits per heavy atom. The van der Waals surface area contributed by atoms with Crippen molar-refractivity contribution in [2.24, 2.45) is 11.5 Å². The maximum absolute atomic E-state index is 14.8. The van der Waals surface area contributed by atoms with Crippen molar-refractivity contribution in [3.05, 3.63) is 60.2 Å². The Kier molecular flexibility index (Phi) is 7.00. The molecule has 0 spiro atoms. The number of nitrogens with zero attached hydrogens (tertiary/aromatic N) is 3. The third kappa shape index (κ3) is 5.39. The summed E-state index contributed by atoms with van der Waals surface area (Å²) in [5.74, 6) is -1.18. The van der Waals surface area contributed by atoms with Crippen LogP contribution in [0.4, 0.5) is 27.4 Å². The fourth-order valence-corrected chi connectivity index (χ4v) is 4.95. The quantitative estimate of drug-likeness (QED) is 0.383. The van der Waals surface area contributed by atoms with Crippen molar-refractivity contribution in [1.29, 1.82) is 0 Å². The molecule has 0 unspecified atom stereocenters. The van der Waals surface area contributed by atoms with Crippen molar-refractivity contribution in [3.8, 4) is 11.1 Å². The van der Waals surface area contributed by atoms with Crippen molar-refractivity contribution in [3.63, 3.8) is 0 Å². The molecule has 3 aromatic rings. The van der Waals surface area contributed by atoms with Crippen molar-refractivity contribution in [2.45, 2.75) is 50.6 Å². The second kappa shape index (κ2) is 10.5. The lowest BCUT2D eigenvalue weighted by Crippen LogP contribution is -2.43. The van der Waals surface area contributed by atoms with E-state index in [1.54, 1.807) is 17.3 Å². The van der Waals surface area contributed by atoms with Crippen LogP contribution in [0.15, 0.2) is 48.8 Å². The predicted octanol–water partition coefficient (Wildman–Crippen LogP) is 3.93. The monoisotopic (exact) mass is 503 g/mol. The molecule has 6 N–H and O–H groups in total. The van der Waals surface area contributed by atoms with Crippen molar-refractivity contribution in [1.82, 2.24) is 9.97 Å². The topological polar surface area (TPSA) is 139 Å². The van der Waals surface area contributed by atoms with Crippen LogP contribution in [0.1, 0.15) is 48.9 Å². The van der Waals surface area contributed by atoms with Crippen LogP contribution in [-0.4, -0.2) is 40.4 Å². The Hall–Kier alpha value is -4.05. The summed E-state index contributed by atoms with van der Waals surface area (Å²) in [6, 6.07) is 10.4. The summed E-state index contributed by atoms with van der Waals surface area (Å²) in [4.78, 5) is 34.6. The molecule has 2 amide bonds. The number of primary amides is 1. The molecule has 1 aliphatic heterocycles. The molecule has 2 aliphatic rings. The molecule has 0 radical (unpaired) electrons. The van der Waals surface area contributed by atoms with Gasteiger partial charge < -0.3 is 27.0 Å². The number of carbonyl (C=O) groups excluding carboxylic acids is 2. The molecular weight excluding hydrogens is 473 g/mol. The molecule has 1 saturated heterocycles. The zero-order valence-corrected chi connectivity index (χ0v) is 20.4. The number of nitrogens with one attached hydrogen (secondary N) is 2. The van der Waals surface area contributed by atoms with Crippen LogP contribution >= 0.6 is 0 Å². The number of benzene rings is 1. The summed E-state index contributed by atoms with van der Waals surface area (Å²) >= 11 is 0. The van der Waals surface area contributed by atoms with E-state index in [0.717, 1.165) is 61.5 Å². The maximum Gasteiger partial charge on any atom is 0.252 e. The number of carbonyl (C=O) groups is 2. The number of amides is 2. The summed E-state index contributed by atoms with van der Waals surface area (Å²) < 4.78 is 14.8. The van der Waals surface area contributed by atoms with E-state index >= 15 is 0 Å². The first kappa shape index (κ1) is 24.6. The highest BCUT2D eigenvalue weighted by Crippen LogP contribution is 2.30. The molecule has 9 nitrogen and oxygen atoms in total. The van der Waals surface area contributed by atoms with Gasteiger partial charge >= 0.3 is 0 Å². The van der Waals surface area contributed by atoms with Crippen LogP contribution < -0.4 is 27.0 Å². The summed E-state index contributed by atoms with van der Waals surface area (Å²) in [7, 11) is 0. The Bertz CT molecular complexity index is 1310. The highest BCUT2D eigenvalue weighted by Gasteiger charge is 2.25. The van der Waals surface area contributed by atoms with Crippen LogP contribution in [0.3, 0.4) is 0 Å². The number of rotatable bonds is 7. The molecule has 1 aromatic carbocycles. The molecule has 37 heavy (non-hydrogen) atoms. The van der Waals surface area contributed by atoms with Crippen LogP contribution in [0.2, 0.25) is 0 Å². The Morgan fingerprint density at radius 3 is 2.51 bits per heavy atom. The fourth-order valence-electron chi connectivity index (χ4n) is 4.95. The van der Waals surface area contributed by atoms with Crippen molar-refractivity contribution >= 4 is 34.8 Å². The molecule has 10 heteroatoms. The van der Waals surface area contributed by atoms with Crippen LogP contribution in [0.25, 0.3) is 11.1 Å². The minimum atomic E-state index is -0.800.